The Bertz CT molecular complexity index is 297. The third-order valence-electron chi connectivity index (χ3n) is 3.41. The lowest BCUT2D eigenvalue weighted by molar-refractivity contribution is 0.113. The molecule has 1 aromatic rings. The topological polar surface area (TPSA) is 45.4 Å². The van der Waals surface area contributed by atoms with Gasteiger partial charge in [0.2, 0.25) is 0 Å². The monoisotopic (exact) mass is 223 g/mol. The van der Waals surface area contributed by atoms with Gasteiger partial charge in [0.15, 0.2) is 0 Å². The van der Waals surface area contributed by atoms with Crippen LogP contribution in [-0.2, 0) is 0 Å². The van der Waals surface area contributed by atoms with Crippen LogP contribution in [0.4, 0.5) is 0 Å². The number of aliphatic hydroxyl groups is 1. The van der Waals surface area contributed by atoms with E-state index in [-0.39, 0.29) is 18.2 Å². The van der Waals surface area contributed by atoms with Gasteiger partial charge in [-0.3, -0.25) is 0 Å². The van der Waals surface area contributed by atoms with Crippen molar-refractivity contribution in [1.82, 2.24) is 5.32 Å². The molecule has 0 radical (unpaired) electrons. The maximum atomic E-state index is 10.0. The highest BCUT2D eigenvalue weighted by molar-refractivity contribution is 5.03. The van der Waals surface area contributed by atoms with Crippen molar-refractivity contribution in [2.75, 3.05) is 0 Å². The summed E-state index contributed by atoms with van der Waals surface area (Å²) in [6, 6.07) is 4.26. The number of hydrogen-bond acceptors (Lipinski definition) is 3. The Labute approximate surface area is 96.8 Å². The molecule has 16 heavy (non-hydrogen) atoms. The van der Waals surface area contributed by atoms with Crippen molar-refractivity contribution in [3.8, 4) is 0 Å². The molecule has 2 rings (SSSR count). The van der Waals surface area contributed by atoms with E-state index in [1.54, 1.807) is 6.26 Å². The van der Waals surface area contributed by atoms with Crippen LogP contribution in [0.1, 0.15) is 50.8 Å². The van der Waals surface area contributed by atoms with E-state index in [2.05, 4.69) is 12.2 Å². The Balaban J connectivity index is 1.92. The second-order valence-corrected chi connectivity index (χ2v) is 4.72. The summed E-state index contributed by atoms with van der Waals surface area (Å²) in [6.07, 6.45) is 7.06. The average molecular weight is 223 g/mol. The lowest BCUT2D eigenvalue weighted by Gasteiger charge is -2.25. The standard InChI is InChI=1S/C13H21NO2/c1-10(13-8-5-9-16-13)14-11-6-3-2-4-7-12(11)15/h5,8-12,14-15H,2-4,6-7H2,1H3/t10-,11?,12?/m1/s1. The third-order valence-corrected chi connectivity index (χ3v) is 3.41. The highest BCUT2D eigenvalue weighted by Gasteiger charge is 2.23. The minimum Gasteiger partial charge on any atom is -0.468 e. The molecule has 1 aliphatic carbocycles. The summed E-state index contributed by atoms with van der Waals surface area (Å²) in [5.74, 6) is 0.941. The van der Waals surface area contributed by atoms with E-state index in [0.717, 1.165) is 25.0 Å². The zero-order valence-electron chi connectivity index (χ0n) is 9.86. The Kier molecular flexibility index (Phi) is 4.02. The minimum absolute atomic E-state index is 0.174. The highest BCUT2D eigenvalue weighted by Crippen LogP contribution is 2.21. The van der Waals surface area contributed by atoms with Gasteiger partial charge in [0.25, 0.3) is 0 Å². The molecular formula is C13H21NO2. The fraction of sp³-hybridized carbons (Fsp3) is 0.692. The van der Waals surface area contributed by atoms with E-state index in [9.17, 15) is 5.11 Å². The maximum absolute atomic E-state index is 10.0. The van der Waals surface area contributed by atoms with Crippen LogP contribution in [0.2, 0.25) is 0 Å². The third kappa shape index (κ3) is 2.86. The summed E-state index contributed by atoms with van der Waals surface area (Å²) in [7, 11) is 0. The molecule has 3 heteroatoms. The predicted molar refractivity (Wildman–Crippen MR) is 63.1 cm³/mol. The van der Waals surface area contributed by atoms with Crippen LogP contribution in [0.25, 0.3) is 0 Å². The summed E-state index contributed by atoms with van der Waals surface area (Å²) in [5, 5.41) is 13.5. The zero-order valence-corrected chi connectivity index (χ0v) is 9.86. The van der Waals surface area contributed by atoms with Crippen LogP contribution in [0.5, 0.6) is 0 Å². The second-order valence-electron chi connectivity index (χ2n) is 4.72. The van der Waals surface area contributed by atoms with Gasteiger partial charge in [0.1, 0.15) is 5.76 Å². The molecule has 90 valence electrons. The molecule has 2 unspecified atom stereocenters. The average Bonchev–Trinajstić information content (AvgIpc) is 2.73. The summed E-state index contributed by atoms with van der Waals surface area (Å²) < 4.78 is 5.36. The van der Waals surface area contributed by atoms with Crippen molar-refractivity contribution >= 4 is 0 Å². The molecule has 0 bridgehead atoms. The summed E-state index contributed by atoms with van der Waals surface area (Å²) in [4.78, 5) is 0. The van der Waals surface area contributed by atoms with Crippen molar-refractivity contribution in [2.24, 2.45) is 0 Å². The first-order chi connectivity index (χ1) is 7.77. The minimum atomic E-state index is -0.208. The zero-order chi connectivity index (χ0) is 11.4. The van der Waals surface area contributed by atoms with Crippen LogP contribution < -0.4 is 5.32 Å². The molecule has 3 nitrogen and oxygen atoms in total. The molecular weight excluding hydrogens is 202 g/mol. The van der Waals surface area contributed by atoms with E-state index in [1.807, 2.05) is 12.1 Å². The van der Waals surface area contributed by atoms with Crippen molar-refractivity contribution in [3.63, 3.8) is 0 Å². The van der Waals surface area contributed by atoms with Gasteiger partial charge in [-0.25, -0.2) is 0 Å². The van der Waals surface area contributed by atoms with Gasteiger partial charge in [-0.15, -0.1) is 0 Å². The predicted octanol–water partition coefficient (Wildman–Crippen LogP) is 2.62. The molecule has 0 aliphatic heterocycles. The first-order valence-electron chi connectivity index (χ1n) is 6.25. The lowest BCUT2D eigenvalue weighted by atomic mass is 10.0. The maximum Gasteiger partial charge on any atom is 0.120 e. The Hall–Kier alpha value is -0.800. The Morgan fingerprint density at radius 2 is 2.19 bits per heavy atom. The molecule has 0 saturated heterocycles. The van der Waals surface area contributed by atoms with E-state index < -0.39 is 0 Å². The molecule has 0 amide bonds. The molecule has 1 fully saturated rings. The van der Waals surface area contributed by atoms with Crippen LogP contribution in [-0.4, -0.2) is 17.3 Å². The van der Waals surface area contributed by atoms with Gasteiger partial charge in [-0.05, 0) is 31.9 Å². The first-order valence-corrected chi connectivity index (χ1v) is 6.25. The molecule has 1 aliphatic rings. The van der Waals surface area contributed by atoms with Crippen molar-refractivity contribution in [2.45, 2.75) is 57.2 Å². The number of rotatable bonds is 3. The van der Waals surface area contributed by atoms with Gasteiger partial charge in [-0.1, -0.05) is 19.3 Å². The largest absolute Gasteiger partial charge is 0.468 e. The van der Waals surface area contributed by atoms with Crippen molar-refractivity contribution in [1.29, 1.82) is 0 Å². The Morgan fingerprint density at radius 3 is 2.94 bits per heavy atom. The molecule has 0 aromatic carbocycles. The fourth-order valence-corrected chi connectivity index (χ4v) is 2.42. The van der Waals surface area contributed by atoms with Gasteiger partial charge in [0.05, 0.1) is 18.4 Å². The number of furan rings is 1. The molecule has 1 saturated carbocycles. The van der Waals surface area contributed by atoms with Crippen LogP contribution in [0, 0.1) is 0 Å². The molecule has 0 spiro atoms. The lowest BCUT2D eigenvalue weighted by Crippen LogP contribution is -2.40. The summed E-state index contributed by atoms with van der Waals surface area (Å²) in [6.45, 7) is 2.08. The van der Waals surface area contributed by atoms with Crippen LogP contribution in [0.15, 0.2) is 22.8 Å². The SMILES string of the molecule is C[C@@H](NC1CCCCCC1O)c1ccco1. The molecule has 2 N–H and O–H groups in total. The fourth-order valence-electron chi connectivity index (χ4n) is 2.42. The molecule has 1 aromatic heterocycles. The van der Waals surface area contributed by atoms with E-state index >= 15 is 0 Å². The van der Waals surface area contributed by atoms with Gasteiger partial charge in [-0.2, -0.15) is 0 Å². The quantitative estimate of drug-likeness (QED) is 0.774. The normalized spacial score (nSPS) is 28.6. The molecule has 1 heterocycles. The number of nitrogens with one attached hydrogen (secondary N) is 1. The van der Waals surface area contributed by atoms with Crippen molar-refractivity contribution < 1.29 is 9.52 Å². The first kappa shape index (κ1) is 11.7. The van der Waals surface area contributed by atoms with Gasteiger partial charge >= 0.3 is 0 Å². The number of hydrogen-bond donors (Lipinski definition) is 2. The summed E-state index contributed by atoms with van der Waals surface area (Å²) in [5.41, 5.74) is 0. The Morgan fingerprint density at radius 1 is 1.38 bits per heavy atom. The smallest absolute Gasteiger partial charge is 0.120 e. The molecule has 3 atom stereocenters. The van der Waals surface area contributed by atoms with Gasteiger partial charge < -0.3 is 14.8 Å². The number of aliphatic hydroxyl groups excluding tert-OH is 1. The highest BCUT2D eigenvalue weighted by atomic mass is 16.3. The van der Waals surface area contributed by atoms with Crippen LogP contribution in [0.3, 0.4) is 0 Å². The summed E-state index contributed by atoms with van der Waals surface area (Å²) >= 11 is 0. The van der Waals surface area contributed by atoms with E-state index in [0.29, 0.717) is 0 Å². The van der Waals surface area contributed by atoms with Crippen molar-refractivity contribution in [3.05, 3.63) is 24.2 Å². The van der Waals surface area contributed by atoms with E-state index in [1.165, 1.54) is 12.8 Å². The van der Waals surface area contributed by atoms with Crippen LogP contribution >= 0.6 is 0 Å². The van der Waals surface area contributed by atoms with E-state index in [4.69, 9.17) is 4.42 Å². The van der Waals surface area contributed by atoms with Gasteiger partial charge in [0, 0.05) is 6.04 Å². The second kappa shape index (κ2) is 5.51.